The minimum absolute atomic E-state index is 0.420. The molecule has 1 aliphatic carbocycles. The van der Waals surface area contributed by atoms with Crippen LogP contribution in [-0.2, 0) is 11.3 Å². The maximum atomic E-state index is 6.09. The van der Waals surface area contributed by atoms with Gasteiger partial charge in [-0.1, -0.05) is 25.0 Å². The number of hydrogen-bond acceptors (Lipinski definition) is 3. The van der Waals surface area contributed by atoms with Crippen LogP contribution in [0.1, 0.15) is 44.1 Å². The van der Waals surface area contributed by atoms with Crippen LogP contribution in [0.25, 0.3) is 0 Å². The summed E-state index contributed by atoms with van der Waals surface area (Å²) in [5.74, 6) is 1.01. The van der Waals surface area contributed by atoms with Crippen LogP contribution < -0.4 is 10.1 Å². The second kappa shape index (κ2) is 8.98. The Morgan fingerprint density at radius 2 is 1.75 bits per heavy atom. The number of methoxy groups -OCH3 is 1. The number of ether oxygens (including phenoxy) is 2. The fourth-order valence-corrected chi connectivity index (χ4v) is 2.65. The molecular formula is C17H27NO2. The van der Waals surface area contributed by atoms with E-state index in [2.05, 4.69) is 29.6 Å². The molecule has 0 unspecified atom stereocenters. The van der Waals surface area contributed by atoms with Gasteiger partial charge in [-0.05, 0) is 43.4 Å². The van der Waals surface area contributed by atoms with Crippen molar-refractivity contribution in [3.8, 4) is 5.75 Å². The summed E-state index contributed by atoms with van der Waals surface area (Å²) in [6.07, 6.45) is 8.19. The Morgan fingerprint density at radius 3 is 2.40 bits per heavy atom. The van der Waals surface area contributed by atoms with Gasteiger partial charge >= 0.3 is 0 Å². The van der Waals surface area contributed by atoms with Crippen LogP contribution in [0.5, 0.6) is 5.75 Å². The van der Waals surface area contributed by atoms with Crippen LogP contribution in [0.2, 0.25) is 0 Å². The van der Waals surface area contributed by atoms with Crippen LogP contribution in [-0.4, -0.2) is 26.4 Å². The van der Waals surface area contributed by atoms with E-state index in [0.717, 1.165) is 25.4 Å². The lowest BCUT2D eigenvalue weighted by Crippen LogP contribution is -2.18. The second-order valence-corrected chi connectivity index (χ2v) is 5.54. The van der Waals surface area contributed by atoms with Crippen LogP contribution in [0, 0.1) is 0 Å². The van der Waals surface area contributed by atoms with Crippen LogP contribution >= 0.6 is 0 Å². The average molecular weight is 277 g/mol. The molecule has 0 aromatic heterocycles. The van der Waals surface area contributed by atoms with E-state index in [4.69, 9.17) is 9.47 Å². The fraction of sp³-hybridized carbons (Fsp3) is 0.647. The van der Waals surface area contributed by atoms with Crippen LogP contribution in [0.4, 0.5) is 0 Å². The lowest BCUT2D eigenvalue weighted by molar-refractivity contribution is 0.183. The molecule has 3 heteroatoms. The Kier molecular flexibility index (Phi) is 6.89. The van der Waals surface area contributed by atoms with E-state index in [-0.39, 0.29) is 0 Å². The maximum Gasteiger partial charge on any atom is 0.119 e. The molecule has 0 spiro atoms. The zero-order chi connectivity index (χ0) is 14.0. The molecule has 1 saturated carbocycles. The average Bonchev–Trinajstić information content (AvgIpc) is 2.74. The van der Waals surface area contributed by atoms with Crippen LogP contribution in [0.3, 0.4) is 0 Å². The summed E-state index contributed by atoms with van der Waals surface area (Å²) in [6.45, 7) is 2.52. The molecule has 20 heavy (non-hydrogen) atoms. The molecule has 112 valence electrons. The van der Waals surface area contributed by atoms with Crippen LogP contribution in [0.15, 0.2) is 24.3 Å². The molecule has 3 nitrogen and oxygen atoms in total. The van der Waals surface area contributed by atoms with Crippen molar-refractivity contribution in [2.24, 2.45) is 0 Å². The Labute approximate surface area is 122 Å². The fourth-order valence-electron chi connectivity index (χ4n) is 2.65. The van der Waals surface area contributed by atoms with Gasteiger partial charge in [0.1, 0.15) is 5.75 Å². The molecule has 0 atom stereocenters. The quantitative estimate of drug-likeness (QED) is 0.611. The minimum atomic E-state index is 0.420. The third-order valence-corrected chi connectivity index (χ3v) is 3.84. The predicted octanol–water partition coefficient (Wildman–Crippen LogP) is 3.52. The SMILES string of the molecule is COCCNCc1ccc(OC2CCCCCC2)cc1. The highest BCUT2D eigenvalue weighted by atomic mass is 16.5. The van der Waals surface area contributed by atoms with Gasteiger partial charge in [0.15, 0.2) is 0 Å². The first-order valence-corrected chi connectivity index (χ1v) is 7.84. The molecule has 1 aromatic rings. The standard InChI is InChI=1S/C17H27NO2/c1-19-13-12-18-14-15-8-10-17(11-9-15)20-16-6-4-2-3-5-7-16/h8-11,16,18H,2-7,12-14H2,1H3. The number of hydrogen-bond donors (Lipinski definition) is 1. The van der Waals surface area contributed by atoms with Gasteiger partial charge in [0.25, 0.3) is 0 Å². The first kappa shape index (κ1) is 15.3. The molecule has 0 heterocycles. The van der Waals surface area contributed by atoms with Crippen molar-refractivity contribution in [1.82, 2.24) is 5.32 Å². The summed E-state index contributed by atoms with van der Waals surface area (Å²) in [5, 5.41) is 3.35. The molecule has 1 N–H and O–H groups in total. The lowest BCUT2D eigenvalue weighted by atomic mass is 10.1. The van der Waals surface area contributed by atoms with Gasteiger partial charge < -0.3 is 14.8 Å². The third-order valence-electron chi connectivity index (χ3n) is 3.84. The molecule has 2 rings (SSSR count). The van der Waals surface area contributed by atoms with E-state index in [1.165, 1.54) is 44.1 Å². The summed E-state index contributed by atoms with van der Waals surface area (Å²) in [6, 6.07) is 8.48. The molecule has 1 aromatic carbocycles. The Hall–Kier alpha value is -1.06. The normalized spacial score (nSPS) is 16.9. The molecule has 0 amide bonds. The van der Waals surface area contributed by atoms with Crippen molar-refractivity contribution in [1.29, 1.82) is 0 Å². The highest BCUT2D eigenvalue weighted by molar-refractivity contribution is 5.27. The van der Waals surface area contributed by atoms with E-state index in [1.54, 1.807) is 7.11 Å². The third kappa shape index (κ3) is 5.51. The summed E-state index contributed by atoms with van der Waals surface area (Å²) >= 11 is 0. The number of benzene rings is 1. The zero-order valence-electron chi connectivity index (χ0n) is 12.6. The van der Waals surface area contributed by atoms with E-state index in [0.29, 0.717) is 6.10 Å². The highest BCUT2D eigenvalue weighted by Crippen LogP contribution is 2.23. The first-order valence-electron chi connectivity index (χ1n) is 7.84. The summed E-state index contributed by atoms with van der Waals surface area (Å²) in [5.41, 5.74) is 1.29. The molecule has 0 aliphatic heterocycles. The van der Waals surface area contributed by atoms with Crippen molar-refractivity contribution in [3.05, 3.63) is 29.8 Å². The van der Waals surface area contributed by atoms with Gasteiger partial charge in [-0.25, -0.2) is 0 Å². The zero-order valence-corrected chi connectivity index (χ0v) is 12.6. The second-order valence-electron chi connectivity index (χ2n) is 5.54. The minimum Gasteiger partial charge on any atom is -0.490 e. The van der Waals surface area contributed by atoms with Gasteiger partial charge in [-0.2, -0.15) is 0 Å². The van der Waals surface area contributed by atoms with Gasteiger partial charge in [0, 0.05) is 20.2 Å². The molecular weight excluding hydrogens is 250 g/mol. The number of rotatable bonds is 7. The topological polar surface area (TPSA) is 30.5 Å². The highest BCUT2D eigenvalue weighted by Gasteiger charge is 2.13. The Bertz CT molecular complexity index is 356. The summed E-state index contributed by atoms with van der Waals surface area (Å²) < 4.78 is 11.1. The van der Waals surface area contributed by atoms with Gasteiger partial charge in [-0.15, -0.1) is 0 Å². The van der Waals surface area contributed by atoms with Gasteiger partial charge in [-0.3, -0.25) is 0 Å². The van der Waals surface area contributed by atoms with Crippen molar-refractivity contribution < 1.29 is 9.47 Å². The van der Waals surface area contributed by atoms with Crippen molar-refractivity contribution in [2.45, 2.75) is 51.2 Å². The molecule has 1 fully saturated rings. The van der Waals surface area contributed by atoms with E-state index in [1.807, 2.05) is 0 Å². The smallest absolute Gasteiger partial charge is 0.119 e. The Morgan fingerprint density at radius 1 is 1.05 bits per heavy atom. The van der Waals surface area contributed by atoms with E-state index in [9.17, 15) is 0 Å². The largest absolute Gasteiger partial charge is 0.490 e. The molecule has 0 saturated heterocycles. The monoisotopic (exact) mass is 277 g/mol. The summed E-state index contributed by atoms with van der Waals surface area (Å²) in [4.78, 5) is 0. The molecule has 1 aliphatic rings. The van der Waals surface area contributed by atoms with E-state index < -0.39 is 0 Å². The Balaban J connectivity index is 1.75. The first-order chi connectivity index (χ1) is 9.88. The number of nitrogens with one attached hydrogen (secondary N) is 1. The predicted molar refractivity (Wildman–Crippen MR) is 82.1 cm³/mol. The van der Waals surface area contributed by atoms with Gasteiger partial charge in [0.2, 0.25) is 0 Å². The molecule has 0 radical (unpaired) electrons. The van der Waals surface area contributed by atoms with Gasteiger partial charge in [0.05, 0.1) is 12.7 Å². The van der Waals surface area contributed by atoms with Crippen molar-refractivity contribution in [3.63, 3.8) is 0 Å². The lowest BCUT2D eigenvalue weighted by Gasteiger charge is -2.17. The van der Waals surface area contributed by atoms with Crippen molar-refractivity contribution in [2.75, 3.05) is 20.3 Å². The van der Waals surface area contributed by atoms with E-state index >= 15 is 0 Å². The maximum absolute atomic E-state index is 6.09. The molecule has 0 bridgehead atoms. The van der Waals surface area contributed by atoms with Crippen molar-refractivity contribution >= 4 is 0 Å². The summed E-state index contributed by atoms with van der Waals surface area (Å²) in [7, 11) is 1.72.